The van der Waals surface area contributed by atoms with Gasteiger partial charge < -0.3 is 15.2 Å². The predicted octanol–water partition coefficient (Wildman–Crippen LogP) is 3.17. The molecule has 1 fully saturated rings. The Labute approximate surface area is 149 Å². The van der Waals surface area contributed by atoms with E-state index in [2.05, 4.69) is 35.3 Å². The highest BCUT2D eigenvalue weighted by atomic mass is 16.5. The molecule has 0 radical (unpaired) electrons. The molecule has 2 aromatic carbocycles. The summed E-state index contributed by atoms with van der Waals surface area (Å²) in [5.74, 6) is 1.62. The van der Waals surface area contributed by atoms with E-state index in [0.717, 1.165) is 55.3 Å². The van der Waals surface area contributed by atoms with Gasteiger partial charge in [0.05, 0.1) is 0 Å². The van der Waals surface area contributed by atoms with Crippen LogP contribution < -0.4 is 10.1 Å². The average Bonchev–Trinajstić information content (AvgIpc) is 3.01. The van der Waals surface area contributed by atoms with E-state index in [1.54, 1.807) is 0 Å². The number of fused-ring (bicyclic) bond motifs is 1. The van der Waals surface area contributed by atoms with Crippen molar-refractivity contribution in [1.82, 2.24) is 10.2 Å². The summed E-state index contributed by atoms with van der Waals surface area (Å²) < 4.78 is 5.89. The van der Waals surface area contributed by atoms with Crippen LogP contribution in [-0.2, 0) is 6.54 Å². The minimum atomic E-state index is 0.250. The molecule has 0 saturated carbocycles. The lowest BCUT2D eigenvalue weighted by atomic mass is 9.97. The highest BCUT2D eigenvalue weighted by Gasteiger charge is 2.23. The summed E-state index contributed by atoms with van der Waals surface area (Å²) in [5, 5.41) is 14.0. The molecule has 0 amide bonds. The van der Waals surface area contributed by atoms with E-state index in [0.29, 0.717) is 12.4 Å². The Hall–Kier alpha value is -2.04. The Morgan fingerprint density at radius 3 is 2.96 bits per heavy atom. The van der Waals surface area contributed by atoms with Gasteiger partial charge in [-0.05, 0) is 61.2 Å². The summed E-state index contributed by atoms with van der Waals surface area (Å²) in [5.41, 5.74) is 4.52. The van der Waals surface area contributed by atoms with Crippen LogP contribution in [0.15, 0.2) is 36.4 Å². The van der Waals surface area contributed by atoms with Crippen LogP contribution >= 0.6 is 0 Å². The SMILES string of the molecule is Cc1ccccc1-c1cc(O)c2c(c1)CN(CC1CCNC1)CCO2. The lowest BCUT2D eigenvalue weighted by Gasteiger charge is -2.23. The maximum atomic E-state index is 10.5. The summed E-state index contributed by atoms with van der Waals surface area (Å²) >= 11 is 0. The fraction of sp³-hybridized carbons (Fsp3) is 0.429. The standard InChI is InChI=1S/C21H26N2O2/c1-15-4-2-3-5-19(15)17-10-18-14-23(13-16-6-7-22-12-16)8-9-25-21(18)20(24)11-17/h2-5,10-11,16,22,24H,6-9,12-14H2,1H3. The zero-order valence-electron chi connectivity index (χ0n) is 14.8. The van der Waals surface area contributed by atoms with Crippen LogP contribution in [0.1, 0.15) is 17.5 Å². The molecule has 1 saturated heterocycles. The van der Waals surface area contributed by atoms with Gasteiger partial charge in [-0.15, -0.1) is 0 Å². The van der Waals surface area contributed by atoms with E-state index >= 15 is 0 Å². The highest BCUT2D eigenvalue weighted by Crippen LogP contribution is 2.38. The van der Waals surface area contributed by atoms with Gasteiger partial charge in [0.15, 0.2) is 11.5 Å². The Bertz CT molecular complexity index is 754. The fourth-order valence-electron chi connectivity index (χ4n) is 4.00. The van der Waals surface area contributed by atoms with Gasteiger partial charge in [0.2, 0.25) is 0 Å². The lowest BCUT2D eigenvalue weighted by molar-refractivity contribution is 0.201. The van der Waals surface area contributed by atoms with Crippen LogP contribution in [0.2, 0.25) is 0 Å². The number of ether oxygens (including phenoxy) is 1. The number of hydrogen-bond acceptors (Lipinski definition) is 4. The molecule has 0 spiro atoms. The number of hydrogen-bond donors (Lipinski definition) is 2. The van der Waals surface area contributed by atoms with E-state index in [1.807, 2.05) is 18.2 Å². The first-order chi connectivity index (χ1) is 12.2. The molecule has 25 heavy (non-hydrogen) atoms. The molecule has 0 bridgehead atoms. The third-order valence-corrected chi connectivity index (χ3v) is 5.33. The van der Waals surface area contributed by atoms with Crippen molar-refractivity contribution in [3.63, 3.8) is 0 Å². The van der Waals surface area contributed by atoms with Crippen LogP contribution in [-0.4, -0.2) is 42.8 Å². The largest absolute Gasteiger partial charge is 0.504 e. The molecular weight excluding hydrogens is 312 g/mol. The number of benzene rings is 2. The molecular formula is C21H26N2O2. The third kappa shape index (κ3) is 3.51. The van der Waals surface area contributed by atoms with Crippen molar-refractivity contribution in [2.45, 2.75) is 19.9 Å². The molecule has 2 aliphatic rings. The second-order valence-corrected chi connectivity index (χ2v) is 7.24. The van der Waals surface area contributed by atoms with E-state index in [4.69, 9.17) is 4.74 Å². The molecule has 1 unspecified atom stereocenters. The molecule has 2 aromatic rings. The van der Waals surface area contributed by atoms with Crippen molar-refractivity contribution in [3.05, 3.63) is 47.5 Å². The Morgan fingerprint density at radius 1 is 1.28 bits per heavy atom. The summed E-state index contributed by atoms with van der Waals surface area (Å²) in [6, 6.07) is 12.3. The van der Waals surface area contributed by atoms with Crippen LogP contribution in [0.3, 0.4) is 0 Å². The van der Waals surface area contributed by atoms with Crippen LogP contribution in [0.25, 0.3) is 11.1 Å². The summed E-state index contributed by atoms with van der Waals surface area (Å²) in [6.07, 6.45) is 1.25. The number of rotatable bonds is 3. The number of aryl methyl sites for hydroxylation is 1. The number of phenols is 1. The molecule has 4 rings (SSSR count). The first-order valence-corrected chi connectivity index (χ1v) is 9.18. The Morgan fingerprint density at radius 2 is 2.16 bits per heavy atom. The number of nitrogens with one attached hydrogen (secondary N) is 1. The normalized spacial score (nSPS) is 20.8. The van der Waals surface area contributed by atoms with Gasteiger partial charge in [0.25, 0.3) is 0 Å². The molecule has 0 aromatic heterocycles. The Balaban J connectivity index is 1.63. The zero-order valence-corrected chi connectivity index (χ0v) is 14.8. The molecule has 2 heterocycles. The van der Waals surface area contributed by atoms with Crippen LogP contribution in [0.5, 0.6) is 11.5 Å². The quantitative estimate of drug-likeness (QED) is 0.902. The smallest absolute Gasteiger partial charge is 0.165 e. The highest BCUT2D eigenvalue weighted by molar-refractivity contribution is 5.71. The second-order valence-electron chi connectivity index (χ2n) is 7.24. The molecule has 1 atom stereocenters. The third-order valence-electron chi connectivity index (χ3n) is 5.33. The minimum Gasteiger partial charge on any atom is -0.504 e. The Kier molecular flexibility index (Phi) is 4.64. The lowest BCUT2D eigenvalue weighted by Crippen LogP contribution is -2.32. The van der Waals surface area contributed by atoms with Crippen molar-refractivity contribution in [2.24, 2.45) is 5.92 Å². The minimum absolute atomic E-state index is 0.250. The summed E-state index contributed by atoms with van der Waals surface area (Å²) in [4.78, 5) is 2.46. The molecule has 4 nitrogen and oxygen atoms in total. The number of aromatic hydroxyl groups is 1. The zero-order chi connectivity index (χ0) is 17.2. The monoisotopic (exact) mass is 338 g/mol. The van der Waals surface area contributed by atoms with E-state index in [1.165, 1.54) is 12.0 Å². The van der Waals surface area contributed by atoms with Crippen molar-refractivity contribution < 1.29 is 9.84 Å². The fourth-order valence-corrected chi connectivity index (χ4v) is 4.00. The van der Waals surface area contributed by atoms with Crippen molar-refractivity contribution in [1.29, 1.82) is 0 Å². The first-order valence-electron chi connectivity index (χ1n) is 9.18. The predicted molar refractivity (Wildman–Crippen MR) is 100 cm³/mol. The van der Waals surface area contributed by atoms with Crippen LogP contribution in [0, 0.1) is 12.8 Å². The average molecular weight is 338 g/mol. The van der Waals surface area contributed by atoms with E-state index in [9.17, 15) is 5.11 Å². The molecule has 0 aliphatic carbocycles. The maximum absolute atomic E-state index is 10.5. The molecule has 2 N–H and O–H groups in total. The van der Waals surface area contributed by atoms with Gasteiger partial charge in [-0.25, -0.2) is 0 Å². The van der Waals surface area contributed by atoms with Crippen molar-refractivity contribution in [3.8, 4) is 22.6 Å². The van der Waals surface area contributed by atoms with Crippen molar-refractivity contribution in [2.75, 3.05) is 32.8 Å². The maximum Gasteiger partial charge on any atom is 0.165 e. The van der Waals surface area contributed by atoms with Crippen molar-refractivity contribution >= 4 is 0 Å². The molecule has 2 aliphatic heterocycles. The first kappa shape index (κ1) is 16.4. The molecule has 132 valence electrons. The summed E-state index contributed by atoms with van der Waals surface area (Å²) in [7, 11) is 0. The molecule has 4 heteroatoms. The van der Waals surface area contributed by atoms with Gasteiger partial charge in [0.1, 0.15) is 6.61 Å². The van der Waals surface area contributed by atoms with E-state index in [-0.39, 0.29) is 5.75 Å². The van der Waals surface area contributed by atoms with Gasteiger partial charge in [-0.2, -0.15) is 0 Å². The van der Waals surface area contributed by atoms with Gasteiger partial charge in [-0.3, -0.25) is 4.90 Å². The van der Waals surface area contributed by atoms with Gasteiger partial charge >= 0.3 is 0 Å². The van der Waals surface area contributed by atoms with Crippen LogP contribution in [0.4, 0.5) is 0 Å². The summed E-state index contributed by atoms with van der Waals surface area (Å²) in [6.45, 7) is 7.80. The topological polar surface area (TPSA) is 44.7 Å². The van der Waals surface area contributed by atoms with Gasteiger partial charge in [-0.1, -0.05) is 24.3 Å². The second kappa shape index (κ2) is 7.06. The van der Waals surface area contributed by atoms with E-state index < -0.39 is 0 Å². The number of nitrogens with zero attached hydrogens (tertiary/aromatic N) is 1. The van der Waals surface area contributed by atoms with Gasteiger partial charge in [0, 0.05) is 25.2 Å². The number of phenolic OH excluding ortho intramolecular Hbond substituents is 1.